The van der Waals surface area contributed by atoms with Gasteiger partial charge < -0.3 is 9.47 Å². The summed E-state index contributed by atoms with van der Waals surface area (Å²) < 4.78 is 65.1. The SMILES string of the molecule is Cc1cccc(S(=O)(=O)N2CCc3cc(S(=O)(=O)c4ccc5c(c4)OCCO5)ccc32)c1. The second kappa shape index (κ2) is 7.53. The van der Waals surface area contributed by atoms with Crippen LogP contribution in [0.15, 0.2) is 75.4 Å². The first-order valence-corrected chi connectivity index (χ1v) is 13.1. The molecule has 2 aliphatic rings. The van der Waals surface area contributed by atoms with Crippen molar-refractivity contribution >= 4 is 25.5 Å². The summed E-state index contributed by atoms with van der Waals surface area (Å²) in [6.45, 7) is 2.89. The Balaban J connectivity index is 1.50. The predicted octanol–water partition coefficient (Wildman–Crippen LogP) is 3.35. The highest BCUT2D eigenvalue weighted by Gasteiger charge is 2.32. The normalized spacial score (nSPS) is 15.5. The molecule has 2 heterocycles. The number of sulfonamides is 1. The van der Waals surface area contributed by atoms with Crippen molar-refractivity contribution in [2.45, 2.75) is 28.0 Å². The Morgan fingerprint density at radius 1 is 0.781 bits per heavy atom. The second-order valence-electron chi connectivity index (χ2n) is 7.74. The molecule has 0 radical (unpaired) electrons. The number of hydrogen-bond donors (Lipinski definition) is 0. The maximum absolute atomic E-state index is 13.2. The summed E-state index contributed by atoms with van der Waals surface area (Å²) in [4.78, 5) is 0.435. The van der Waals surface area contributed by atoms with E-state index in [1.807, 2.05) is 13.0 Å². The van der Waals surface area contributed by atoms with Gasteiger partial charge in [-0.15, -0.1) is 0 Å². The molecule has 7 nitrogen and oxygen atoms in total. The Hall–Kier alpha value is -3.04. The average molecular weight is 472 g/mol. The number of ether oxygens (including phenoxy) is 2. The highest BCUT2D eigenvalue weighted by atomic mass is 32.2. The van der Waals surface area contributed by atoms with Gasteiger partial charge in [0, 0.05) is 12.6 Å². The van der Waals surface area contributed by atoms with Gasteiger partial charge in [-0.2, -0.15) is 0 Å². The molecular weight excluding hydrogens is 450 g/mol. The molecule has 0 fully saturated rings. The Bertz CT molecular complexity index is 1430. The van der Waals surface area contributed by atoms with E-state index in [2.05, 4.69) is 0 Å². The molecule has 3 aromatic carbocycles. The van der Waals surface area contributed by atoms with Crippen LogP contribution < -0.4 is 13.8 Å². The lowest BCUT2D eigenvalue weighted by atomic mass is 10.2. The molecule has 9 heteroatoms. The fraction of sp³-hybridized carbons (Fsp3) is 0.217. The number of hydrogen-bond acceptors (Lipinski definition) is 6. The molecule has 0 atom stereocenters. The highest BCUT2D eigenvalue weighted by Crippen LogP contribution is 2.37. The average Bonchev–Trinajstić information content (AvgIpc) is 3.23. The van der Waals surface area contributed by atoms with Crippen molar-refractivity contribution in [1.82, 2.24) is 0 Å². The lowest BCUT2D eigenvalue weighted by molar-refractivity contribution is 0.171. The largest absolute Gasteiger partial charge is 0.486 e. The molecular formula is C23H21NO6S2. The van der Waals surface area contributed by atoms with Crippen molar-refractivity contribution < 1.29 is 26.3 Å². The van der Waals surface area contributed by atoms with Crippen LogP contribution in [-0.2, 0) is 26.3 Å². The molecule has 166 valence electrons. The van der Waals surface area contributed by atoms with Crippen molar-refractivity contribution in [3.05, 3.63) is 71.8 Å². The fourth-order valence-corrected chi connectivity index (χ4v) is 6.93. The zero-order valence-corrected chi connectivity index (χ0v) is 18.9. The topological polar surface area (TPSA) is 90.0 Å². The summed E-state index contributed by atoms with van der Waals surface area (Å²) in [7, 11) is -7.54. The van der Waals surface area contributed by atoms with E-state index in [1.54, 1.807) is 36.4 Å². The second-order valence-corrected chi connectivity index (χ2v) is 11.6. The van der Waals surface area contributed by atoms with Crippen LogP contribution in [0, 0.1) is 6.92 Å². The Morgan fingerprint density at radius 2 is 1.50 bits per heavy atom. The van der Waals surface area contributed by atoms with Crippen LogP contribution >= 0.6 is 0 Å². The number of rotatable bonds is 4. The quantitative estimate of drug-likeness (QED) is 0.580. The maximum atomic E-state index is 13.2. The van der Waals surface area contributed by atoms with Crippen LogP contribution in [0.3, 0.4) is 0 Å². The van der Waals surface area contributed by atoms with Crippen LogP contribution in [0.4, 0.5) is 5.69 Å². The molecule has 0 N–H and O–H groups in total. The lowest BCUT2D eigenvalue weighted by Crippen LogP contribution is -2.29. The van der Waals surface area contributed by atoms with Gasteiger partial charge in [0.15, 0.2) is 11.5 Å². The van der Waals surface area contributed by atoms with Gasteiger partial charge in [-0.3, -0.25) is 4.31 Å². The van der Waals surface area contributed by atoms with Gasteiger partial charge in [-0.1, -0.05) is 12.1 Å². The van der Waals surface area contributed by atoms with Crippen LogP contribution in [0.1, 0.15) is 11.1 Å². The van der Waals surface area contributed by atoms with Crippen LogP contribution in [0.25, 0.3) is 0 Å². The molecule has 2 aliphatic heterocycles. The highest BCUT2D eigenvalue weighted by molar-refractivity contribution is 7.93. The first-order valence-electron chi connectivity index (χ1n) is 10.1. The fourth-order valence-electron chi connectivity index (χ4n) is 3.99. The van der Waals surface area contributed by atoms with E-state index < -0.39 is 19.9 Å². The first kappa shape index (κ1) is 20.8. The monoisotopic (exact) mass is 471 g/mol. The zero-order chi connectivity index (χ0) is 22.5. The van der Waals surface area contributed by atoms with Crippen molar-refractivity contribution in [2.75, 3.05) is 24.1 Å². The molecule has 0 aromatic heterocycles. The minimum atomic E-state index is -3.81. The Kier molecular flexibility index (Phi) is 4.90. The van der Waals surface area contributed by atoms with Crippen molar-refractivity contribution in [3.63, 3.8) is 0 Å². The van der Waals surface area contributed by atoms with Gasteiger partial charge in [-0.25, -0.2) is 16.8 Å². The van der Waals surface area contributed by atoms with Crippen LogP contribution in [-0.4, -0.2) is 36.6 Å². The minimum absolute atomic E-state index is 0.101. The molecule has 0 spiro atoms. The number of sulfone groups is 1. The summed E-state index contributed by atoms with van der Waals surface area (Å²) in [6, 6.07) is 15.9. The first-order chi connectivity index (χ1) is 15.3. The van der Waals surface area contributed by atoms with Gasteiger partial charge in [0.1, 0.15) is 13.2 Å². The maximum Gasteiger partial charge on any atom is 0.264 e. The van der Waals surface area contributed by atoms with Crippen LogP contribution in [0.2, 0.25) is 0 Å². The van der Waals surface area contributed by atoms with Crippen LogP contribution in [0.5, 0.6) is 11.5 Å². The molecule has 5 rings (SSSR count). The number of nitrogens with zero attached hydrogens (tertiary/aromatic N) is 1. The van der Waals surface area contributed by atoms with Gasteiger partial charge in [-0.05, 0) is 66.9 Å². The predicted molar refractivity (Wildman–Crippen MR) is 119 cm³/mol. The molecule has 0 aliphatic carbocycles. The summed E-state index contributed by atoms with van der Waals surface area (Å²) in [5.41, 5.74) is 2.04. The van der Waals surface area contributed by atoms with Crippen molar-refractivity contribution in [2.24, 2.45) is 0 Å². The summed E-state index contributed by atoms with van der Waals surface area (Å²) in [5, 5.41) is 0. The third-order valence-electron chi connectivity index (χ3n) is 5.62. The van der Waals surface area contributed by atoms with Gasteiger partial charge in [0.25, 0.3) is 10.0 Å². The summed E-state index contributed by atoms with van der Waals surface area (Å²) in [5.74, 6) is 0.912. The molecule has 3 aromatic rings. The third-order valence-corrected chi connectivity index (χ3v) is 9.17. The summed E-state index contributed by atoms with van der Waals surface area (Å²) >= 11 is 0. The molecule has 0 bridgehead atoms. The van der Waals surface area contributed by atoms with Crippen molar-refractivity contribution in [1.29, 1.82) is 0 Å². The third kappa shape index (κ3) is 3.41. The standard InChI is InChI=1S/C23H21NO6S2/c1-16-3-2-4-20(13-16)32(27,28)24-10-9-17-14-18(5-7-21(17)24)31(25,26)19-6-8-22-23(15-19)30-12-11-29-22/h2-8,13-15H,9-12H2,1H3. The molecule has 0 unspecified atom stereocenters. The van der Waals surface area contributed by atoms with E-state index in [0.717, 1.165) is 5.56 Å². The van der Waals surface area contributed by atoms with E-state index in [-0.39, 0.29) is 21.2 Å². The molecule has 0 saturated heterocycles. The van der Waals surface area contributed by atoms with E-state index in [9.17, 15) is 16.8 Å². The zero-order valence-electron chi connectivity index (χ0n) is 17.3. The minimum Gasteiger partial charge on any atom is -0.486 e. The molecule has 0 amide bonds. The van der Waals surface area contributed by atoms with Gasteiger partial charge in [0.2, 0.25) is 9.84 Å². The number of anilines is 1. The smallest absolute Gasteiger partial charge is 0.264 e. The Morgan fingerprint density at radius 3 is 2.28 bits per heavy atom. The van der Waals surface area contributed by atoms with E-state index in [4.69, 9.17) is 9.47 Å². The molecule has 32 heavy (non-hydrogen) atoms. The lowest BCUT2D eigenvalue weighted by Gasteiger charge is -2.20. The summed E-state index contributed by atoms with van der Waals surface area (Å²) in [6.07, 6.45) is 0.435. The van der Waals surface area contributed by atoms with Gasteiger partial charge >= 0.3 is 0 Å². The number of benzene rings is 3. The van der Waals surface area contributed by atoms with Crippen molar-refractivity contribution in [3.8, 4) is 11.5 Å². The van der Waals surface area contributed by atoms with E-state index in [1.165, 1.54) is 22.5 Å². The van der Waals surface area contributed by atoms with Gasteiger partial charge in [0.05, 0.1) is 20.4 Å². The number of aryl methyl sites for hydroxylation is 1. The van der Waals surface area contributed by atoms with E-state index >= 15 is 0 Å². The van der Waals surface area contributed by atoms with E-state index in [0.29, 0.717) is 42.4 Å². The molecule has 0 saturated carbocycles. The number of fused-ring (bicyclic) bond motifs is 2. The Labute approximate surface area is 187 Å².